The van der Waals surface area contributed by atoms with Crippen molar-refractivity contribution in [2.75, 3.05) is 48.1 Å². The molecule has 2 rings (SSSR count). The summed E-state index contributed by atoms with van der Waals surface area (Å²) >= 11 is 0. The summed E-state index contributed by atoms with van der Waals surface area (Å²) in [6, 6.07) is 7.81. The van der Waals surface area contributed by atoms with Gasteiger partial charge in [0.1, 0.15) is 5.75 Å². The molecule has 0 amide bonds. The number of alkyl halides is 3. The lowest BCUT2D eigenvalue weighted by Crippen LogP contribution is -2.46. The number of benzene rings is 2. The molecule has 2 aromatic rings. The molecule has 0 fully saturated rings. The van der Waals surface area contributed by atoms with Gasteiger partial charge in [-0.25, -0.2) is 4.99 Å². The minimum Gasteiger partial charge on any atom is -0.496 e. The normalized spacial score (nSPS) is 13.5. The number of aliphatic imine (C=N–C) groups is 1. The van der Waals surface area contributed by atoms with Crippen LogP contribution in [-0.4, -0.2) is 70.7 Å². The van der Waals surface area contributed by atoms with Crippen LogP contribution < -0.4 is 14.2 Å². The molecule has 7 nitrogen and oxygen atoms in total. The number of rotatable bonds is 12. The lowest BCUT2D eigenvalue weighted by atomic mass is 9.91. The number of hydrogen-bond donors (Lipinski definition) is 1. The van der Waals surface area contributed by atoms with Crippen molar-refractivity contribution >= 4 is 12.0 Å². The van der Waals surface area contributed by atoms with E-state index in [1.807, 2.05) is 18.9 Å². The quantitative estimate of drug-likeness (QED) is 0.261. The zero-order valence-electron chi connectivity index (χ0n) is 20.9. The van der Waals surface area contributed by atoms with Crippen molar-refractivity contribution in [3.63, 3.8) is 0 Å². The third-order valence-electron chi connectivity index (χ3n) is 5.62. The highest BCUT2D eigenvalue weighted by Crippen LogP contribution is 2.45. The molecule has 0 spiro atoms. The first-order valence-corrected chi connectivity index (χ1v) is 11.0. The van der Waals surface area contributed by atoms with Crippen molar-refractivity contribution in [1.29, 1.82) is 0 Å². The minimum absolute atomic E-state index is 0.0547. The van der Waals surface area contributed by atoms with Crippen LogP contribution in [0.3, 0.4) is 0 Å². The molecule has 0 aromatic heterocycles. The molecule has 10 heteroatoms. The fourth-order valence-corrected chi connectivity index (χ4v) is 3.31. The Morgan fingerprint density at radius 2 is 1.66 bits per heavy atom. The van der Waals surface area contributed by atoms with Crippen LogP contribution in [0.1, 0.15) is 23.6 Å². The number of aliphatic hydroxyl groups is 1. The van der Waals surface area contributed by atoms with Gasteiger partial charge >= 0.3 is 6.18 Å². The van der Waals surface area contributed by atoms with E-state index in [0.29, 0.717) is 35.7 Å². The van der Waals surface area contributed by atoms with Crippen LogP contribution >= 0.6 is 0 Å². The Bertz CT molecular complexity index is 1010. The largest absolute Gasteiger partial charge is 0.496 e. The van der Waals surface area contributed by atoms with E-state index in [2.05, 4.69) is 4.99 Å². The summed E-state index contributed by atoms with van der Waals surface area (Å²) in [6.45, 7) is 3.22. The molecular weight excluding hydrogens is 465 g/mol. The van der Waals surface area contributed by atoms with Crippen LogP contribution in [0.15, 0.2) is 35.3 Å². The van der Waals surface area contributed by atoms with Gasteiger partial charge in [-0.3, -0.25) is 0 Å². The Kier molecular flexibility index (Phi) is 9.79. The van der Waals surface area contributed by atoms with Crippen molar-refractivity contribution in [1.82, 2.24) is 4.90 Å². The second-order valence-corrected chi connectivity index (χ2v) is 8.01. The maximum absolute atomic E-state index is 14.1. The first kappa shape index (κ1) is 28.3. The molecule has 0 saturated heterocycles. The van der Waals surface area contributed by atoms with E-state index in [1.54, 1.807) is 31.5 Å². The van der Waals surface area contributed by atoms with Crippen molar-refractivity contribution in [2.45, 2.75) is 32.0 Å². The molecule has 1 unspecified atom stereocenters. The van der Waals surface area contributed by atoms with Gasteiger partial charge in [0, 0.05) is 25.2 Å². The standard InChI is InChI=1S/C25H33F3N2O5/c1-7-30(3)16-29-20-14-22(33-5)19(12-17(20)2)24(31,25(26,27)28)15-35-11-10-18-8-9-21(32-4)23(13-18)34-6/h8-9,12-14,16,31H,7,10-11,15H2,1-6H3/b29-16-. The Morgan fingerprint density at radius 3 is 2.23 bits per heavy atom. The van der Waals surface area contributed by atoms with Crippen molar-refractivity contribution < 1.29 is 37.2 Å². The molecular formula is C25H33F3N2O5. The smallest absolute Gasteiger partial charge is 0.423 e. The third-order valence-corrected chi connectivity index (χ3v) is 5.62. The predicted molar refractivity (Wildman–Crippen MR) is 128 cm³/mol. The maximum atomic E-state index is 14.1. The van der Waals surface area contributed by atoms with E-state index < -0.39 is 23.9 Å². The lowest BCUT2D eigenvalue weighted by molar-refractivity contribution is -0.282. The molecule has 35 heavy (non-hydrogen) atoms. The minimum atomic E-state index is -5.01. The molecule has 0 aliphatic carbocycles. The molecule has 0 aliphatic rings. The first-order chi connectivity index (χ1) is 16.5. The predicted octanol–water partition coefficient (Wildman–Crippen LogP) is 4.64. The van der Waals surface area contributed by atoms with Gasteiger partial charge < -0.3 is 29.0 Å². The lowest BCUT2D eigenvalue weighted by Gasteiger charge is -2.32. The molecule has 194 valence electrons. The Hall–Kier alpha value is -2.98. The highest BCUT2D eigenvalue weighted by molar-refractivity contribution is 5.65. The van der Waals surface area contributed by atoms with Gasteiger partial charge in [0.15, 0.2) is 11.5 Å². The summed E-state index contributed by atoms with van der Waals surface area (Å²) in [5.74, 6) is 0.912. The molecule has 0 radical (unpaired) electrons. The van der Waals surface area contributed by atoms with E-state index >= 15 is 0 Å². The topological polar surface area (TPSA) is 72.8 Å². The summed E-state index contributed by atoms with van der Waals surface area (Å²) in [5, 5.41) is 10.8. The second-order valence-electron chi connectivity index (χ2n) is 8.01. The van der Waals surface area contributed by atoms with Crippen LogP contribution in [0, 0.1) is 6.92 Å². The number of hydrogen-bond acceptors (Lipinski definition) is 6. The number of halogens is 3. The maximum Gasteiger partial charge on any atom is 0.423 e. The monoisotopic (exact) mass is 498 g/mol. The van der Waals surface area contributed by atoms with Gasteiger partial charge in [0.05, 0.1) is 46.6 Å². The van der Waals surface area contributed by atoms with Crippen LogP contribution in [0.5, 0.6) is 17.2 Å². The van der Waals surface area contributed by atoms with Crippen molar-refractivity contribution in [2.24, 2.45) is 4.99 Å². The highest BCUT2D eigenvalue weighted by Gasteiger charge is 2.56. The zero-order chi connectivity index (χ0) is 26.2. The summed E-state index contributed by atoms with van der Waals surface area (Å²) < 4.78 is 63.3. The Morgan fingerprint density at radius 1 is 1.00 bits per heavy atom. The third kappa shape index (κ3) is 6.79. The fourth-order valence-electron chi connectivity index (χ4n) is 3.31. The van der Waals surface area contributed by atoms with Gasteiger partial charge in [0.25, 0.3) is 0 Å². The fraction of sp³-hybridized carbons (Fsp3) is 0.480. The van der Waals surface area contributed by atoms with Gasteiger partial charge in [-0.2, -0.15) is 13.2 Å². The zero-order valence-corrected chi connectivity index (χ0v) is 20.9. The molecule has 0 aliphatic heterocycles. The van der Waals surface area contributed by atoms with E-state index in [-0.39, 0.29) is 12.4 Å². The average Bonchev–Trinajstić information content (AvgIpc) is 2.84. The Labute approximate surface area is 204 Å². The van der Waals surface area contributed by atoms with Gasteiger partial charge in [-0.1, -0.05) is 6.07 Å². The SMILES string of the molecule is CCN(C)/C=N\c1cc(OC)c(C(O)(COCCc2ccc(OC)c(OC)c2)C(F)(F)F)cc1C. The van der Waals surface area contributed by atoms with Crippen LogP contribution in [0.4, 0.5) is 18.9 Å². The number of aryl methyl sites for hydroxylation is 1. The average molecular weight is 499 g/mol. The van der Waals surface area contributed by atoms with E-state index in [9.17, 15) is 18.3 Å². The van der Waals surface area contributed by atoms with Crippen molar-refractivity contribution in [3.05, 3.63) is 47.0 Å². The number of nitrogens with zero attached hydrogens (tertiary/aromatic N) is 2. The summed E-state index contributed by atoms with van der Waals surface area (Å²) in [5.41, 5.74) is -2.03. The number of ether oxygens (including phenoxy) is 4. The second kappa shape index (κ2) is 12.1. The van der Waals surface area contributed by atoms with Gasteiger partial charge in [-0.05, 0) is 49.6 Å². The summed E-state index contributed by atoms with van der Waals surface area (Å²) in [4.78, 5) is 6.13. The summed E-state index contributed by atoms with van der Waals surface area (Å²) in [7, 11) is 6.08. The molecule has 2 aromatic carbocycles. The van der Waals surface area contributed by atoms with Crippen LogP contribution in [0.25, 0.3) is 0 Å². The van der Waals surface area contributed by atoms with Gasteiger partial charge in [-0.15, -0.1) is 0 Å². The Balaban J connectivity index is 2.25. The van der Waals surface area contributed by atoms with E-state index in [0.717, 1.165) is 5.56 Å². The molecule has 0 heterocycles. The summed E-state index contributed by atoms with van der Waals surface area (Å²) in [6.07, 6.45) is -3.12. The van der Waals surface area contributed by atoms with E-state index in [1.165, 1.54) is 33.5 Å². The molecule has 0 saturated carbocycles. The van der Waals surface area contributed by atoms with Crippen molar-refractivity contribution in [3.8, 4) is 17.2 Å². The number of methoxy groups -OCH3 is 3. The molecule has 1 atom stereocenters. The highest BCUT2D eigenvalue weighted by atomic mass is 19.4. The van der Waals surface area contributed by atoms with E-state index in [4.69, 9.17) is 18.9 Å². The van der Waals surface area contributed by atoms with Crippen LogP contribution in [-0.2, 0) is 16.8 Å². The van der Waals surface area contributed by atoms with Crippen LogP contribution in [0.2, 0.25) is 0 Å². The molecule has 1 N–H and O–H groups in total. The van der Waals surface area contributed by atoms with Gasteiger partial charge in [0.2, 0.25) is 5.60 Å². The first-order valence-electron chi connectivity index (χ1n) is 11.0. The molecule has 0 bridgehead atoms.